The maximum atomic E-state index is 12.3. The maximum absolute atomic E-state index is 12.3. The van der Waals surface area contributed by atoms with Crippen molar-refractivity contribution < 1.29 is 85.7 Å². The van der Waals surface area contributed by atoms with Crippen LogP contribution in [0.15, 0.2) is 0 Å². The SMILES string of the molecule is CC(=O)OC[C@H]1O[C@@H](NC=O)[C@H](OC(C)=O)[C@@H](OC(C)=O)[C@@H]1O[C@H]1O[C@H](COC(C)=O)[C@@H](OC(C)=O)[C@H](OC(C)=O)[C@H]1OC(C)=O. The molecule has 1 N–H and O–H groups in total. The topological polar surface area (TPSA) is 241 Å². The average Bonchev–Trinajstić information content (AvgIpc) is 2.91. The van der Waals surface area contributed by atoms with Crippen molar-refractivity contribution in [1.29, 1.82) is 0 Å². The molecule has 19 heteroatoms. The van der Waals surface area contributed by atoms with Crippen LogP contribution in [0.4, 0.5) is 0 Å². The second-order valence-electron chi connectivity index (χ2n) is 10.00. The summed E-state index contributed by atoms with van der Waals surface area (Å²) in [5, 5.41) is 2.28. The Balaban J connectivity index is 2.71. The lowest BCUT2D eigenvalue weighted by Gasteiger charge is -2.48. The first kappa shape index (κ1) is 37.8. The fourth-order valence-electron chi connectivity index (χ4n) is 4.71. The largest absolute Gasteiger partial charge is 0.463 e. The molecule has 258 valence electrons. The molecule has 2 saturated heterocycles. The number of hydrogen-bond donors (Lipinski definition) is 1. The molecule has 2 rings (SSSR count). The Morgan fingerprint density at radius 3 is 1.35 bits per heavy atom. The van der Waals surface area contributed by atoms with Gasteiger partial charge in [-0.05, 0) is 0 Å². The van der Waals surface area contributed by atoms with Gasteiger partial charge in [0.2, 0.25) is 6.41 Å². The summed E-state index contributed by atoms with van der Waals surface area (Å²) in [6, 6.07) is 0. The molecule has 0 bridgehead atoms. The zero-order chi connectivity index (χ0) is 34.7. The fourth-order valence-corrected chi connectivity index (χ4v) is 4.71. The number of ether oxygens (including phenoxy) is 10. The van der Waals surface area contributed by atoms with Crippen molar-refractivity contribution in [2.75, 3.05) is 13.2 Å². The highest BCUT2D eigenvalue weighted by molar-refractivity contribution is 5.69. The smallest absolute Gasteiger partial charge is 0.303 e. The third kappa shape index (κ3) is 11.2. The van der Waals surface area contributed by atoms with Crippen LogP contribution in [-0.4, -0.2) is 123 Å². The van der Waals surface area contributed by atoms with Gasteiger partial charge < -0.3 is 52.7 Å². The van der Waals surface area contributed by atoms with Crippen LogP contribution in [0.3, 0.4) is 0 Å². The van der Waals surface area contributed by atoms with E-state index in [1.165, 1.54) is 0 Å². The third-order valence-corrected chi connectivity index (χ3v) is 6.16. The second kappa shape index (κ2) is 17.4. The summed E-state index contributed by atoms with van der Waals surface area (Å²) in [5.41, 5.74) is 0. The summed E-state index contributed by atoms with van der Waals surface area (Å²) in [5.74, 6) is -6.02. The van der Waals surface area contributed by atoms with Crippen LogP contribution in [-0.2, 0) is 85.7 Å². The van der Waals surface area contributed by atoms with E-state index in [4.69, 9.17) is 47.4 Å². The summed E-state index contributed by atoms with van der Waals surface area (Å²) in [6.07, 6.45) is -15.5. The number of nitrogens with one attached hydrogen (secondary N) is 1. The van der Waals surface area contributed by atoms with E-state index in [0.717, 1.165) is 48.5 Å². The summed E-state index contributed by atoms with van der Waals surface area (Å²) >= 11 is 0. The molecule has 0 aromatic heterocycles. The number of carbonyl (C=O) groups is 8. The molecule has 1 amide bonds. The molecule has 0 aromatic rings. The van der Waals surface area contributed by atoms with E-state index in [0.29, 0.717) is 0 Å². The van der Waals surface area contributed by atoms with Crippen LogP contribution in [0.2, 0.25) is 0 Å². The monoisotopic (exact) mass is 663 g/mol. The van der Waals surface area contributed by atoms with E-state index in [1.807, 2.05) is 0 Å². The number of hydrogen-bond acceptors (Lipinski definition) is 18. The molecule has 0 aliphatic carbocycles. The Bertz CT molecular complexity index is 1160. The maximum Gasteiger partial charge on any atom is 0.303 e. The van der Waals surface area contributed by atoms with Crippen molar-refractivity contribution in [3.63, 3.8) is 0 Å². The first-order chi connectivity index (χ1) is 21.5. The predicted octanol–water partition coefficient (Wildman–Crippen LogP) is -1.65. The van der Waals surface area contributed by atoms with Gasteiger partial charge in [-0.25, -0.2) is 0 Å². The van der Waals surface area contributed by atoms with Gasteiger partial charge in [0.15, 0.2) is 43.0 Å². The van der Waals surface area contributed by atoms with Crippen LogP contribution < -0.4 is 5.32 Å². The van der Waals surface area contributed by atoms with E-state index < -0.39 is 116 Å². The van der Waals surface area contributed by atoms with E-state index >= 15 is 0 Å². The molecular formula is C27H37NO18. The first-order valence-electron chi connectivity index (χ1n) is 13.8. The molecule has 2 fully saturated rings. The van der Waals surface area contributed by atoms with Crippen molar-refractivity contribution in [3.8, 4) is 0 Å². The molecule has 0 aromatic carbocycles. The van der Waals surface area contributed by atoms with Gasteiger partial charge in [0.1, 0.15) is 31.5 Å². The van der Waals surface area contributed by atoms with Gasteiger partial charge >= 0.3 is 41.8 Å². The molecule has 0 saturated carbocycles. The Morgan fingerprint density at radius 1 is 0.522 bits per heavy atom. The third-order valence-electron chi connectivity index (χ3n) is 6.16. The number of carbonyl (C=O) groups excluding carboxylic acids is 8. The van der Waals surface area contributed by atoms with Gasteiger partial charge in [0.25, 0.3) is 0 Å². The molecule has 0 radical (unpaired) electrons. The van der Waals surface area contributed by atoms with Crippen molar-refractivity contribution in [2.45, 2.75) is 110 Å². The Labute approximate surface area is 262 Å². The van der Waals surface area contributed by atoms with E-state index in [2.05, 4.69) is 5.32 Å². The van der Waals surface area contributed by atoms with Gasteiger partial charge in [0.05, 0.1) is 0 Å². The predicted molar refractivity (Wildman–Crippen MR) is 142 cm³/mol. The number of esters is 7. The van der Waals surface area contributed by atoms with Crippen molar-refractivity contribution in [3.05, 3.63) is 0 Å². The van der Waals surface area contributed by atoms with Crippen LogP contribution in [0.5, 0.6) is 0 Å². The molecule has 46 heavy (non-hydrogen) atoms. The highest BCUT2D eigenvalue weighted by Crippen LogP contribution is 2.34. The lowest BCUT2D eigenvalue weighted by atomic mass is 9.95. The molecule has 2 heterocycles. The van der Waals surface area contributed by atoms with Crippen LogP contribution >= 0.6 is 0 Å². The molecule has 10 atom stereocenters. The van der Waals surface area contributed by atoms with E-state index in [-0.39, 0.29) is 6.41 Å². The molecule has 0 spiro atoms. The zero-order valence-corrected chi connectivity index (χ0v) is 26.1. The Kier molecular flexibility index (Phi) is 14.3. The molecule has 19 nitrogen and oxygen atoms in total. The highest BCUT2D eigenvalue weighted by atomic mass is 16.8. The van der Waals surface area contributed by atoms with E-state index in [9.17, 15) is 38.4 Å². The van der Waals surface area contributed by atoms with Crippen LogP contribution in [0, 0.1) is 0 Å². The lowest BCUT2D eigenvalue weighted by molar-refractivity contribution is -0.345. The highest BCUT2D eigenvalue weighted by Gasteiger charge is 2.57. The van der Waals surface area contributed by atoms with Crippen LogP contribution in [0.1, 0.15) is 48.5 Å². The fraction of sp³-hybridized carbons (Fsp3) is 0.704. The van der Waals surface area contributed by atoms with Crippen LogP contribution in [0.25, 0.3) is 0 Å². The van der Waals surface area contributed by atoms with Gasteiger partial charge in [-0.3, -0.25) is 38.4 Å². The molecule has 2 aliphatic rings. The van der Waals surface area contributed by atoms with Gasteiger partial charge in [0, 0.05) is 48.5 Å². The Hall–Kier alpha value is -4.36. The normalized spacial score (nSPS) is 30.4. The summed E-state index contributed by atoms with van der Waals surface area (Å²) < 4.78 is 55.0. The molecule has 2 aliphatic heterocycles. The zero-order valence-electron chi connectivity index (χ0n) is 26.1. The molecular weight excluding hydrogens is 626 g/mol. The summed E-state index contributed by atoms with van der Waals surface area (Å²) in [7, 11) is 0. The molecule has 0 unspecified atom stereocenters. The quantitative estimate of drug-likeness (QED) is 0.132. The standard InChI is InChI=1S/C27H37NO18/c1-11(30)37-8-18-21(22(40-14(4)33)24(42-16(6)35)26(44-18)28-10-29)46-27-25(43-17(7)36)23(41-15(5)34)20(39-13(3)32)19(45-27)9-38-12(2)31/h10,18-27H,8-9H2,1-7H3,(H,28,29)/t18-,19-,20-,21-,22+,23+,24-,25-,26-,27-/m1/s1. The van der Waals surface area contributed by atoms with E-state index in [1.54, 1.807) is 0 Å². The van der Waals surface area contributed by atoms with Crippen molar-refractivity contribution >= 4 is 48.2 Å². The average molecular weight is 664 g/mol. The van der Waals surface area contributed by atoms with Crippen molar-refractivity contribution in [2.24, 2.45) is 0 Å². The lowest BCUT2D eigenvalue weighted by Crippen LogP contribution is -2.68. The summed E-state index contributed by atoms with van der Waals surface area (Å²) in [6.45, 7) is 6.14. The number of rotatable bonds is 13. The minimum Gasteiger partial charge on any atom is -0.463 e. The van der Waals surface area contributed by atoms with Crippen molar-refractivity contribution in [1.82, 2.24) is 5.32 Å². The summed E-state index contributed by atoms with van der Waals surface area (Å²) in [4.78, 5) is 95.5. The Morgan fingerprint density at radius 2 is 0.913 bits per heavy atom. The second-order valence-corrected chi connectivity index (χ2v) is 10.00. The number of amides is 1. The van der Waals surface area contributed by atoms with Gasteiger partial charge in [-0.1, -0.05) is 0 Å². The minimum atomic E-state index is -1.80. The van der Waals surface area contributed by atoms with Gasteiger partial charge in [-0.15, -0.1) is 0 Å². The first-order valence-corrected chi connectivity index (χ1v) is 13.8. The van der Waals surface area contributed by atoms with Gasteiger partial charge in [-0.2, -0.15) is 0 Å². The minimum absolute atomic E-state index is 0.218.